The Morgan fingerprint density at radius 3 is 2.62 bits per heavy atom. The zero-order valence-electron chi connectivity index (χ0n) is 12.6. The minimum Gasteiger partial charge on any atom is -0.342 e. The van der Waals surface area contributed by atoms with Crippen LogP contribution in [0.1, 0.15) is 38.7 Å². The second kappa shape index (κ2) is 8.75. The quantitative estimate of drug-likeness (QED) is 0.837. The van der Waals surface area contributed by atoms with Crippen LogP contribution in [0.2, 0.25) is 0 Å². The van der Waals surface area contributed by atoms with Crippen LogP contribution in [-0.2, 0) is 9.59 Å². The van der Waals surface area contributed by atoms with E-state index < -0.39 is 0 Å². The van der Waals surface area contributed by atoms with E-state index in [9.17, 15) is 9.59 Å². The third kappa shape index (κ3) is 5.65. The Bertz CT molecular complexity index is 535. The first-order valence-electron chi connectivity index (χ1n) is 7.13. The Labute approximate surface area is 125 Å². The molecular weight excluding hydrogens is 266 g/mol. The first-order chi connectivity index (χ1) is 10.1. The van der Waals surface area contributed by atoms with E-state index in [1.54, 1.807) is 29.2 Å². The molecule has 5 heteroatoms. The van der Waals surface area contributed by atoms with Crippen LogP contribution < -0.4 is 5.32 Å². The predicted molar refractivity (Wildman–Crippen MR) is 81.6 cm³/mol. The van der Waals surface area contributed by atoms with E-state index in [1.165, 1.54) is 6.92 Å². The van der Waals surface area contributed by atoms with Crippen molar-refractivity contribution in [3.05, 3.63) is 29.8 Å². The van der Waals surface area contributed by atoms with Gasteiger partial charge in [-0.25, -0.2) is 0 Å². The molecule has 0 atom stereocenters. The van der Waals surface area contributed by atoms with Gasteiger partial charge < -0.3 is 10.2 Å². The molecule has 0 aliphatic carbocycles. The van der Waals surface area contributed by atoms with E-state index in [0.29, 0.717) is 24.3 Å². The van der Waals surface area contributed by atoms with E-state index in [4.69, 9.17) is 5.26 Å². The largest absolute Gasteiger partial charge is 0.342 e. The Morgan fingerprint density at radius 1 is 1.29 bits per heavy atom. The topological polar surface area (TPSA) is 73.2 Å². The smallest absolute Gasteiger partial charge is 0.226 e. The summed E-state index contributed by atoms with van der Waals surface area (Å²) >= 11 is 0. The maximum atomic E-state index is 11.9. The molecule has 0 unspecified atom stereocenters. The molecule has 0 saturated heterocycles. The number of unbranched alkanes of at least 4 members (excludes halogenated alkanes) is 1. The number of benzene rings is 1. The fourth-order valence-electron chi connectivity index (χ4n) is 1.91. The van der Waals surface area contributed by atoms with Crippen LogP contribution in [0.3, 0.4) is 0 Å². The van der Waals surface area contributed by atoms with Crippen molar-refractivity contribution in [2.45, 2.75) is 33.1 Å². The lowest BCUT2D eigenvalue weighted by molar-refractivity contribution is -0.129. The van der Waals surface area contributed by atoms with Crippen molar-refractivity contribution in [2.75, 3.05) is 18.4 Å². The Balaban J connectivity index is 2.53. The van der Waals surface area contributed by atoms with Crippen molar-refractivity contribution in [2.24, 2.45) is 0 Å². The summed E-state index contributed by atoms with van der Waals surface area (Å²) in [5, 5.41) is 11.7. The summed E-state index contributed by atoms with van der Waals surface area (Å²) in [7, 11) is 0. The minimum atomic E-state index is -0.194. The number of carbonyl (C=O) groups is 2. The van der Waals surface area contributed by atoms with E-state index in [-0.39, 0.29) is 18.2 Å². The van der Waals surface area contributed by atoms with Crippen molar-refractivity contribution in [3.8, 4) is 6.07 Å². The summed E-state index contributed by atoms with van der Waals surface area (Å²) in [4.78, 5) is 25.1. The number of anilines is 1. The molecule has 2 amide bonds. The lowest BCUT2D eigenvalue weighted by Crippen LogP contribution is -2.32. The molecule has 0 saturated carbocycles. The molecule has 0 heterocycles. The van der Waals surface area contributed by atoms with E-state index in [0.717, 1.165) is 12.8 Å². The fraction of sp³-hybridized carbons (Fsp3) is 0.438. The number of carbonyl (C=O) groups excluding carboxylic acids is 2. The summed E-state index contributed by atoms with van der Waals surface area (Å²) < 4.78 is 0. The van der Waals surface area contributed by atoms with Gasteiger partial charge in [0.25, 0.3) is 0 Å². The van der Waals surface area contributed by atoms with Crippen LogP contribution in [0.25, 0.3) is 0 Å². The van der Waals surface area contributed by atoms with Crippen LogP contribution in [0, 0.1) is 11.3 Å². The van der Waals surface area contributed by atoms with Crippen molar-refractivity contribution >= 4 is 17.5 Å². The molecule has 0 fully saturated rings. The van der Waals surface area contributed by atoms with Gasteiger partial charge in [-0.3, -0.25) is 9.59 Å². The molecule has 0 aliphatic heterocycles. The molecule has 0 radical (unpaired) electrons. The average Bonchev–Trinajstić information content (AvgIpc) is 2.47. The molecule has 1 aromatic carbocycles. The van der Waals surface area contributed by atoms with E-state index >= 15 is 0 Å². The Morgan fingerprint density at radius 2 is 2.00 bits per heavy atom. The van der Waals surface area contributed by atoms with Gasteiger partial charge in [-0.2, -0.15) is 5.26 Å². The summed E-state index contributed by atoms with van der Waals surface area (Å²) in [5.74, 6) is -0.214. The highest BCUT2D eigenvalue weighted by Crippen LogP contribution is 2.13. The van der Waals surface area contributed by atoms with Crippen LogP contribution in [-0.4, -0.2) is 29.8 Å². The number of nitrogens with zero attached hydrogens (tertiary/aromatic N) is 2. The molecule has 112 valence electrons. The van der Waals surface area contributed by atoms with Gasteiger partial charge in [-0.05, 0) is 18.6 Å². The normalized spacial score (nSPS) is 9.76. The molecule has 1 rings (SSSR count). The van der Waals surface area contributed by atoms with Gasteiger partial charge in [-0.1, -0.05) is 25.5 Å². The predicted octanol–water partition coefficient (Wildman–Crippen LogP) is 2.54. The maximum absolute atomic E-state index is 11.9. The van der Waals surface area contributed by atoms with Gasteiger partial charge in [0, 0.05) is 26.4 Å². The second-order valence-corrected chi connectivity index (χ2v) is 4.82. The Hall–Kier alpha value is -2.35. The highest BCUT2D eigenvalue weighted by atomic mass is 16.2. The van der Waals surface area contributed by atoms with Gasteiger partial charge in [0.05, 0.1) is 11.3 Å². The van der Waals surface area contributed by atoms with Crippen molar-refractivity contribution in [1.82, 2.24) is 4.90 Å². The number of hydrogen-bond acceptors (Lipinski definition) is 3. The maximum Gasteiger partial charge on any atom is 0.226 e. The highest BCUT2D eigenvalue weighted by Gasteiger charge is 2.11. The molecular formula is C16H21N3O2. The molecule has 21 heavy (non-hydrogen) atoms. The van der Waals surface area contributed by atoms with Crippen LogP contribution in [0.5, 0.6) is 0 Å². The van der Waals surface area contributed by atoms with Crippen molar-refractivity contribution in [1.29, 1.82) is 5.26 Å². The number of para-hydroxylation sites is 1. The number of amides is 2. The van der Waals surface area contributed by atoms with E-state index in [2.05, 4.69) is 12.2 Å². The molecule has 0 bridgehead atoms. The van der Waals surface area contributed by atoms with Gasteiger partial charge >= 0.3 is 0 Å². The Kier molecular flexibility index (Phi) is 6.96. The van der Waals surface area contributed by atoms with Crippen molar-refractivity contribution < 1.29 is 9.59 Å². The molecule has 5 nitrogen and oxygen atoms in total. The first-order valence-corrected chi connectivity index (χ1v) is 7.13. The monoisotopic (exact) mass is 287 g/mol. The lowest BCUT2D eigenvalue weighted by atomic mass is 10.2. The molecule has 1 N–H and O–H groups in total. The van der Waals surface area contributed by atoms with E-state index in [1.807, 2.05) is 6.07 Å². The average molecular weight is 287 g/mol. The first kappa shape index (κ1) is 16.7. The minimum absolute atomic E-state index is 0.0197. The third-order valence-electron chi connectivity index (χ3n) is 3.16. The summed E-state index contributed by atoms with van der Waals surface area (Å²) in [6.45, 7) is 4.65. The van der Waals surface area contributed by atoms with Crippen LogP contribution >= 0.6 is 0 Å². The zero-order valence-corrected chi connectivity index (χ0v) is 12.6. The molecule has 0 spiro atoms. The fourth-order valence-corrected chi connectivity index (χ4v) is 1.91. The number of rotatable bonds is 7. The second-order valence-electron chi connectivity index (χ2n) is 4.82. The SMILES string of the molecule is CCCCN(CCC(=O)Nc1ccccc1C#N)C(C)=O. The number of nitriles is 1. The summed E-state index contributed by atoms with van der Waals surface area (Å²) in [6.07, 6.45) is 2.16. The summed E-state index contributed by atoms with van der Waals surface area (Å²) in [5.41, 5.74) is 0.938. The van der Waals surface area contributed by atoms with Crippen LogP contribution in [0.15, 0.2) is 24.3 Å². The van der Waals surface area contributed by atoms with Gasteiger partial charge in [0.1, 0.15) is 6.07 Å². The van der Waals surface area contributed by atoms with Gasteiger partial charge in [-0.15, -0.1) is 0 Å². The van der Waals surface area contributed by atoms with Gasteiger partial charge in [0.2, 0.25) is 11.8 Å². The van der Waals surface area contributed by atoms with Crippen LogP contribution in [0.4, 0.5) is 5.69 Å². The molecule has 0 aromatic heterocycles. The highest BCUT2D eigenvalue weighted by molar-refractivity contribution is 5.92. The van der Waals surface area contributed by atoms with Gasteiger partial charge in [0.15, 0.2) is 0 Å². The number of nitrogens with one attached hydrogen (secondary N) is 1. The zero-order chi connectivity index (χ0) is 15.7. The van der Waals surface area contributed by atoms with Crippen molar-refractivity contribution in [3.63, 3.8) is 0 Å². The lowest BCUT2D eigenvalue weighted by Gasteiger charge is -2.20. The summed E-state index contributed by atoms with van der Waals surface area (Å²) in [6, 6.07) is 8.88. The third-order valence-corrected chi connectivity index (χ3v) is 3.16. The molecule has 0 aliphatic rings. The number of hydrogen-bond donors (Lipinski definition) is 1. The standard InChI is InChI=1S/C16H21N3O2/c1-3-4-10-19(13(2)20)11-9-16(21)18-15-8-6-5-7-14(15)12-17/h5-8H,3-4,9-11H2,1-2H3,(H,18,21). The molecule has 1 aromatic rings.